The van der Waals surface area contributed by atoms with Gasteiger partial charge in [-0.2, -0.15) is 0 Å². The zero-order chi connectivity index (χ0) is 14.6. The van der Waals surface area contributed by atoms with Crippen LogP contribution < -0.4 is 5.32 Å². The smallest absolute Gasteiger partial charge is 0.0771 e. The van der Waals surface area contributed by atoms with Gasteiger partial charge in [-0.3, -0.25) is 0 Å². The first-order valence-electron chi connectivity index (χ1n) is 8.61. The molecule has 2 aliphatic carbocycles. The maximum atomic E-state index is 10.7. The highest BCUT2D eigenvalue weighted by Crippen LogP contribution is 2.46. The van der Waals surface area contributed by atoms with Crippen molar-refractivity contribution in [1.82, 2.24) is 5.32 Å². The lowest BCUT2D eigenvalue weighted by Crippen LogP contribution is -2.63. The van der Waals surface area contributed by atoms with E-state index >= 15 is 0 Å². The Morgan fingerprint density at radius 2 is 1.80 bits per heavy atom. The minimum Gasteiger partial charge on any atom is -0.389 e. The average Bonchev–Trinajstić information content (AvgIpc) is 2.66. The average molecular weight is 283 g/mol. The zero-order valence-electron chi connectivity index (χ0n) is 13.6. The number of aliphatic hydroxyl groups is 1. The third kappa shape index (κ3) is 3.37. The largest absolute Gasteiger partial charge is 0.389 e. The summed E-state index contributed by atoms with van der Waals surface area (Å²) in [5.41, 5.74) is -0.237. The number of rotatable bonds is 6. The van der Waals surface area contributed by atoms with Gasteiger partial charge in [-0.05, 0) is 32.6 Å². The van der Waals surface area contributed by atoms with Gasteiger partial charge in [-0.25, -0.2) is 0 Å². The minimum absolute atomic E-state index is 0.233. The van der Waals surface area contributed by atoms with Crippen LogP contribution in [0.2, 0.25) is 0 Å². The maximum absolute atomic E-state index is 10.7. The van der Waals surface area contributed by atoms with Crippen LogP contribution in [0.4, 0.5) is 0 Å². The first-order chi connectivity index (χ1) is 9.54. The van der Waals surface area contributed by atoms with Crippen molar-refractivity contribution in [2.75, 3.05) is 13.2 Å². The fourth-order valence-electron chi connectivity index (χ4n) is 3.94. The molecule has 0 spiro atoms. The molecule has 3 unspecified atom stereocenters. The lowest BCUT2D eigenvalue weighted by molar-refractivity contribution is -0.129. The van der Waals surface area contributed by atoms with Crippen LogP contribution in [0.1, 0.15) is 72.1 Å². The molecule has 0 heterocycles. The van der Waals surface area contributed by atoms with Gasteiger partial charge >= 0.3 is 0 Å². The predicted molar refractivity (Wildman–Crippen MR) is 82.9 cm³/mol. The van der Waals surface area contributed by atoms with Crippen LogP contribution in [-0.4, -0.2) is 36.0 Å². The van der Waals surface area contributed by atoms with E-state index < -0.39 is 5.60 Å². The molecule has 2 fully saturated rings. The Labute approximate surface area is 124 Å². The van der Waals surface area contributed by atoms with Gasteiger partial charge in [0.05, 0.1) is 11.7 Å². The summed E-state index contributed by atoms with van der Waals surface area (Å²) in [7, 11) is 0. The van der Waals surface area contributed by atoms with Gasteiger partial charge in [0.25, 0.3) is 0 Å². The third-order valence-corrected chi connectivity index (χ3v) is 5.82. The van der Waals surface area contributed by atoms with Crippen LogP contribution in [0.25, 0.3) is 0 Å². The van der Waals surface area contributed by atoms with Crippen molar-refractivity contribution in [1.29, 1.82) is 0 Å². The molecule has 3 atom stereocenters. The highest BCUT2D eigenvalue weighted by molar-refractivity contribution is 5.05. The Kier molecular flexibility index (Phi) is 5.49. The SMILES string of the molecule is CCOC1CC(NCC2(O)CCCCCC2)C1(C)CC. The molecule has 0 aromatic rings. The van der Waals surface area contributed by atoms with Gasteiger partial charge in [0.15, 0.2) is 0 Å². The minimum atomic E-state index is -0.470. The van der Waals surface area contributed by atoms with Gasteiger partial charge < -0.3 is 15.2 Å². The second kappa shape index (κ2) is 6.76. The molecule has 0 aliphatic heterocycles. The lowest BCUT2D eigenvalue weighted by Gasteiger charge is -2.54. The van der Waals surface area contributed by atoms with Crippen molar-refractivity contribution in [3.8, 4) is 0 Å². The predicted octanol–water partition coefficient (Wildman–Crippen LogP) is 3.26. The van der Waals surface area contributed by atoms with Gasteiger partial charge in [0, 0.05) is 24.6 Å². The number of ether oxygens (including phenoxy) is 1. The van der Waals surface area contributed by atoms with Gasteiger partial charge in [-0.15, -0.1) is 0 Å². The van der Waals surface area contributed by atoms with Crippen molar-refractivity contribution >= 4 is 0 Å². The van der Waals surface area contributed by atoms with Gasteiger partial charge in [0.1, 0.15) is 0 Å². The van der Waals surface area contributed by atoms with E-state index in [1.54, 1.807) is 0 Å². The van der Waals surface area contributed by atoms with Crippen molar-refractivity contribution < 1.29 is 9.84 Å². The molecule has 20 heavy (non-hydrogen) atoms. The Bertz CT molecular complexity index is 299. The maximum Gasteiger partial charge on any atom is 0.0771 e. The van der Waals surface area contributed by atoms with E-state index in [4.69, 9.17) is 4.74 Å². The topological polar surface area (TPSA) is 41.5 Å². The Hall–Kier alpha value is -0.120. The summed E-state index contributed by atoms with van der Waals surface area (Å²) in [6, 6.07) is 0.497. The number of hydrogen-bond acceptors (Lipinski definition) is 3. The first-order valence-corrected chi connectivity index (χ1v) is 8.61. The Morgan fingerprint density at radius 3 is 2.35 bits per heavy atom. The molecule has 0 amide bonds. The van der Waals surface area contributed by atoms with Crippen LogP contribution in [0.15, 0.2) is 0 Å². The third-order valence-electron chi connectivity index (χ3n) is 5.82. The van der Waals surface area contributed by atoms with E-state index in [0.29, 0.717) is 12.1 Å². The van der Waals surface area contributed by atoms with E-state index in [1.807, 2.05) is 0 Å². The summed E-state index contributed by atoms with van der Waals surface area (Å²) in [5.74, 6) is 0. The number of nitrogens with one attached hydrogen (secondary N) is 1. The standard InChI is InChI=1S/C17H33NO2/c1-4-16(3)14(12-15(16)20-5-2)18-13-17(19)10-8-6-7-9-11-17/h14-15,18-19H,4-13H2,1-3H3. The lowest BCUT2D eigenvalue weighted by atomic mass is 9.61. The zero-order valence-corrected chi connectivity index (χ0v) is 13.6. The molecule has 0 bridgehead atoms. The molecule has 2 saturated carbocycles. The molecule has 3 nitrogen and oxygen atoms in total. The van der Waals surface area contributed by atoms with Crippen molar-refractivity contribution in [3.05, 3.63) is 0 Å². The molecule has 0 saturated heterocycles. The van der Waals surface area contributed by atoms with E-state index in [0.717, 1.165) is 38.8 Å². The van der Waals surface area contributed by atoms with Crippen molar-refractivity contribution in [2.24, 2.45) is 5.41 Å². The van der Waals surface area contributed by atoms with Crippen LogP contribution in [0.5, 0.6) is 0 Å². The second-order valence-electron chi connectivity index (χ2n) is 7.11. The first kappa shape index (κ1) is 16.3. The number of hydrogen-bond donors (Lipinski definition) is 2. The highest BCUT2D eigenvalue weighted by Gasteiger charge is 2.51. The highest BCUT2D eigenvalue weighted by atomic mass is 16.5. The molecule has 0 aromatic carbocycles. The van der Waals surface area contributed by atoms with Gasteiger partial charge in [-0.1, -0.05) is 39.5 Å². The Morgan fingerprint density at radius 1 is 1.15 bits per heavy atom. The molecule has 2 N–H and O–H groups in total. The summed E-state index contributed by atoms with van der Waals surface area (Å²) in [4.78, 5) is 0. The summed E-state index contributed by atoms with van der Waals surface area (Å²) in [6.45, 7) is 8.21. The van der Waals surface area contributed by atoms with Crippen LogP contribution in [0, 0.1) is 5.41 Å². The normalized spacial score (nSPS) is 37.2. The summed E-state index contributed by atoms with van der Waals surface area (Å²) >= 11 is 0. The van der Waals surface area contributed by atoms with Crippen LogP contribution in [-0.2, 0) is 4.74 Å². The molecular weight excluding hydrogens is 250 g/mol. The van der Waals surface area contributed by atoms with E-state index in [-0.39, 0.29) is 5.41 Å². The molecule has 2 aliphatic rings. The summed E-state index contributed by atoms with van der Waals surface area (Å²) in [5, 5.41) is 14.4. The fraction of sp³-hybridized carbons (Fsp3) is 1.00. The van der Waals surface area contributed by atoms with Crippen molar-refractivity contribution in [3.63, 3.8) is 0 Å². The van der Waals surface area contributed by atoms with Crippen LogP contribution in [0.3, 0.4) is 0 Å². The van der Waals surface area contributed by atoms with Crippen LogP contribution >= 0.6 is 0 Å². The summed E-state index contributed by atoms with van der Waals surface area (Å²) in [6.07, 6.45) is 9.45. The Balaban J connectivity index is 1.84. The molecular formula is C17H33NO2. The molecule has 118 valence electrons. The quantitative estimate of drug-likeness (QED) is 0.735. The van der Waals surface area contributed by atoms with E-state index in [2.05, 4.69) is 26.1 Å². The van der Waals surface area contributed by atoms with E-state index in [1.165, 1.54) is 25.7 Å². The molecule has 0 aromatic heterocycles. The molecule has 0 radical (unpaired) electrons. The second-order valence-corrected chi connectivity index (χ2v) is 7.11. The fourth-order valence-corrected chi connectivity index (χ4v) is 3.94. The molecule has 3 heteroatoms. The van der Waals surface area contributed by atoms with Crippen molar-refractivity contribution in [2.45, 2.75) is 89.9 Å². The molecule has 2 rings (SSSR count). The van der Waals surface area contributed by atoms with E-state index in [9.17, 15) is 5.11 Å². The summed E-state index contributed by atoms with van der Waals surface area (Å²) < 4.78 is 5.85. The van der Waals surface area contributed by atoms with Gasteiger partial charge in [0.2, 0.25) is 0 Å². The monoisotopic (exact) mass is 283 g/mol.